The van der Waals surface area contributed by atoms with E-state index in [-0.39, 0.29) is 5.69 Å². The van der Waals surface area contributed by atoms with Crippen molar-refractivity contribution in [2.24, 2.45) is 0 Å². The van der Waals surface area contributed by atoms with Gasteiger partial charge in [0.25, 0.3) is 0 Å². The maximum Gasteiger partial charge on any atom is 0.311 e. The molecular weight excluding hydrogens is 264 g/mol. The van der Waals surface area contributed by atoms with Crippen LogP contribution < -0.4 is 10.1 Å². The molecule has 5 nitrogen and oxygen atoms in total. The molecule has 0 aliphatic carbocycles. The fourth-order valence-corrected chi connectivity index (χ4v) is 2.33. The molecule has 1 aromatic heterocycles. The molecule has 6 heteroatoms. The zero-order valence-electron chi connectivity index (χ0n) is 10.5. The molecule has 0 atom stereocenters. The number of rotatable bonds is 6. The Kier molecular flexibility index (Phi) is 4.48. The number of hydrogen-bond acceptors (Lipinski definition) is 5. The first-order chi connectivity index (χ1) is 9.20. The topological polar surface area (TPSA) is 64.4 Å². The van der Waals surface area contributed by atoms with E-state index in [1.165, 1.54) is 0 Å². The summed E-state index contributed by atoms with van der Waals surface area (Å²) in [4.78, 5) is 10.6. The molecule has 1 heterocycles. The first-order valence-electron chi connectivity index (χ1n) is 5.76. The molecule has 0 radical (unpaired) electrons. The quantitative estimate of drug-likeness (QED) is 0.651. The van der Waals surface area contributed by atoms with Crippen molar-refractivity contribution in [2.75, 3.05) is 7.05 Å². The molecule has 1 aromatic carbocycles. The van der Waals surface area contributed by atoms with Gasteiger partial charge in [0, 0.05) is 12.6 Å². The van der Waals surface area contributed by atoms with Crippen LogP contribution in [0, 0.1) is 10.1 Å². The number of hydrogen-bond donors (Lipinski definition) is 1. The van der Waals surface area contributed by atoms with Gasteiger partial charge in [-0.15, -0.1) is 0 Å². The lowest BCUT2D eigenvalue weighted by atomic mass is 10.2. The molecule has 0 aliphatic rings. The summed E-state index contributed by atoms with van der Waals surface area (Å²) in [7, 11) is 1.80. The normalized spacial score (nSPS) is 10.4. The highest BCUT2D eigenvalue weighted by Gasteiger charge is 2.16. The van der Waals surface area contributed by atoms with Crippen molar-refractivity contribution in [3.05, 3.63) is 56.3 Å². The molecule has 2 rings (SSSR count). The molecule has 0 aliphatic heterocycles. The molecule has 0 spiro atoms. The molecule has 0 bridgehead atoms. The smallest absolute Gasteiger partial charge is 0.311 e. The number of thiophene rings is 1. The van der Waals surface area contributed by atoms with Crippen molar-refractivity contribution in [3.8, 4) is 5.75 Å². The minimum absolute atomic E-state index is 0.00276. The van der Waals surface area contributed by atoms with Gasteiger partial charge in [-0.2, -0.15) is 11.3 Å². The highest BCUT2D eigenvalue weighted by Crippen LogP contribution is 2.28. The van der Waals surface area contributed by atoms with Crippen LogP contribution in [0.15, 0.2) is 35.0 Å². The van der Waals surface area contributed by atoms with Gasteiger partial charge < -0.3 is 10.1 Å². The molecule has 100 valence electrons. The summed E-state index contributed by atoms with van der Waals surface area (Å²) in [6.07, 6.45) is 0. The Hall–Kier alpha value is -1.92. The lowest BCUT2D eigenvalue weighted by Crippen LogP contribution is -2.06. The molecule has 0 fully saturated rings. The van der Waals surface area contributed by atoms with E-state index in [9.17, 15) is 10.1 Å². The SMILES string of the molecule is CNCc1ccc(OCc2ccsc2)c([N+](=O)[O-])c1. The van der Waals surface area contributed by atoms with Gasteiger partial charge in [-0.25, -0.2) is 0 Å². The van der Waals surface area contributed by atoms with Crippen LogP contribution in [0.3, 0.4) is 0 Å². The zero-order chi connectivity index (χ0) is 13.7. The Morgan fingerprint density at radius 2 is 2.21 bits per heavy atom. The van der Waals surface area contributed by atoms with Crippen LogP contribution in [-0.4, -0.2) is 12.0 Å². The molecule has 1 N–H and O–H groups in total. The van der Waals surface area contributed by atoms with E-state index in [1.54, 1.807) is 30.5 Å². The van der Waals surface area contributed by atoms with Crippen LogP contribution in [0.5, 0.6) is 5.75 Å². The third-order valence-corrected chi connectivity index (χ3v) is 3.31. The van der Waals surface area contributed by atoms with Crippen molar-refractivity contribution >= 4 is 17.0 Å². The van der Waals surface area contributed by atoms with Crippen LogP contribution in [0.1, 0.15) is 11.1 Å². The standard InChI is InChI=1S/C13H14N2O3S/c1-14-7-10-2-3-13(12(6-10)15(16)17)18-8-11-4-5-19-9-11/h2-6,9,14H,7-8H2,1H3. The van der Waals surface area contributed by atoms with E-state index >= 15 is 0 Å². The van der Waals surface area contributed by atoms with E-state index in [2.05, 4.69) is 5.32 Å². The second kappa shape index (κ2) is 6.31. The number of nitro benzene ring substituents is 1. The molecule has 0 saturated carbocycles. The molecule has 0 amide bonds. The van der Waals surface area contributed by atoms with Crippen molar-refractivity contribution in [1.82, 2.24) is 5.32 Å². The number of ether oxygens (including phenoxy) is 1. The van der Waals surface area contributed by atoms with Crippen LogP contribution in [0.4, 0.5) is 5.69 Å². The minimum atomic E-state index is -0.415. The van der Waals surface area contributed by atoms with Gasteiger partial charge in [-0.05, 0) is 41.1 Å². The second-order valence-corrected chi connectivity index (χ2v) is 4.79. The maximum atomic E-state index is 11.0. The molecule has 0 unspecified atom stereocenters. The average Bonchev–Trinajstić information content (AvgIpc) is 2.90. The third-order valence-electron chi connectivity index (χ3n) is 2.58. The highest BCUT2D eigenvalue weighted by molar-refractivity contribution is 7.07. The number of nitrogens with zero attached hydrogens (tertiary/aromatic N) is 1. The summed E-state index contributed by atoms with van der Waals surface area (Å²) >= 11 is 1.57. The minimum Gasteiger partial charge on any atom is -0.482 e. The molecule has 19 heavy (non-hydrogen) atoms. The van der Waals surface area contributed by atoms with E-state index < -0.39 is 4.92 Å². The summed E-state index contributed by atoms with van der Waals surface area (Å²) in [6, 6.07) is 6.95. The third kappa shape index (κ3) is 3.52. The summed E-state index contributed by atoms with van der Waals surface area (Å²) in [5.41, 5.74) is 1.87. The first kappa shape index (κ1) is 13.5. The van der Waals surface area contributed by atoms with E-state index in [1.807, 2.05) is 22.9 Å². The number of nitro groups is 1. The Bertz CT molecular complexity index is 555. The van der Waals surface area contributed by atoms with Crippen LogP contribution in [0.25, 0.3) is 0 Å². The average molecular weight is 278 g/mol. The second-order valence-electron chi connectivity index (χ2n) is 4.01. The number of nitrogens with one attached hydrogen (secondary N) is 1. The van der Waals surface area contributed by atoms with Gasteiger partial charge in [-0.1, -0.05) is 6.07 Å². The summed E-state index contributed by atoms with van der Waals surface area (Å²) in [5.74, 6) is 0.302. The molecule has 2 aromatic rings. The summed E-state index contributed by atoms with van der Waals surface area (Å²) in [5, 5.41) is 17.9. The van der Waals surface area contributed by atoms with Gasteiger partial charge in [0.15, 0.2) is 5.75 Å². The maximum absolute atomic E-state index is 11.0. The fraction of sp³-hybridized carbons (Fsp3) is 0.231. The van der Waals surface area contributed by atoms with Crippen LogP contribution in [0.2, 0.25) is 0 Å². The van der Waals surface area contributed by atoms with Gasteiger partial charge in [0.1, 0.15) is 6.61 Å². The van der Waals surface area contributed by atoms with Gasteiger partial charge in [0.2, 0.25) is 0 Å². The van der Waals surface area contributed by atoms with E-state index in [0.29, 0.717) is 18.9 Å². The van der Waals surface area contributed by atoms with Crippen molar-refractivity contribution < 1.29 is 9.66 Å². The largest absolute Gasteiger partial charge is 0.482 e. The van der Waals surface area contributed by atoms with Crippen molar-refractivity contribution in [3.63, 3.8) is 0 Å². The zero-order valence-corrected chi connectivity index (χ0v) is 11.3. The first-order valence-corrected chi connectivity index (χ1v) is 6.71. The van der Waals surface area contributed by atoms with Crippen LogP contribution >= 0.6 is 11.3 Å². The van der Waals surface area contributed by atoms with E-state index in [4.69, 9.17) is 4.74 Å². The highest BCUT2D eigenvalue weighted by atomic mass is 32.1. The summed E-state index contributed by atoms with van der Waals surface area (Å²) < 4.78 is 5.52. The molecular formula is C13H14N2O3S. The Labute approximate surface area is 115 Å². The predicted molar refractivity (Wildman–Crippen MR) is 74.5 cm³/mol. The van der Waals surface area contributed by atoms with E-state index in [0.717, 1.165) is 11.1 Å². The Balaban J connectivity index is 2.16. The van der Waals surface area contributed by atoms with Crippen molar-refractivity contribution in [1.29, 1.82) is 0 Å². The van der Waals surface area contributed by atoms with Crippen molar-refractivity contribution in [2.45, 2.75) is 13.2 Å². The number of benzene rings is 1. The van der Waals surface area contributed by atoms with Crippen LogP contribution in [-0.2, 0) is 13.2 Å². The lowest BCUT2D eigenvalue weighted by molar-refractivity contribution is -0.386. The summed E-state index contributed by atoms with van der Waals surface area (Å²) in [6.45, 7) is 0.932. The Morgan fingerprint density at radius 1 is 1.37 bits per heavy atom. The Morgan fingerprint density at radius 3 is 2.84 bits per heavy atom. The van der Waals surface area contributed by atoms with Gasteiger partial charge >= 0.3 is 5.69 Å². The molecule has 0 saturated heterocycles. The predicted octanol–water partition coefficient (Wildman–Crippen LogP) is 2.95. The fourth-order valence-electron chi connectivity index (χ4n) is 1.68. The van der Waals surface area contributed by atoms with Gasteiger partial charge in [-0.3, -0.25) is 10.1 Å². The lowest BCUT2D eigenvalue weighted by Gasteiger charge is -2.07. The van der Waals surface area contributed by atoms with Gasteiger partial charge in [0.05, 0.1) is 4.92 Å². The monoisotopic (exact) mass is 278 g/mol.